The molecule has 1 aromatic heterocycles. The first-order chi connectivity index (χ1) is 7.01. The van der Waals surface area contributed by atoms with Crippen LogP contribution in [0.1, 0.15) is 41.8 Å². The number of carboxylic acids is 1. The first kappa shape index (κ1) is 10.6. The Morgan fingerprint density at radius 2 is 2.27 bits per heavy atom. The summed E-state index contributed by atoms with van der Waals surface area (Å²) in [6.07, 6.45) is 3.75. The van der Waals surface area contributed by atoms with E-state index in [1.165, 1.54) is 19.3 Å². The van der Waals surface area contributed by atoms with Gasteiger partial charge in [0.1, 0.15) is 0 Å². The molecule has 0 bridgehead atoms. The topological polar surface area (TPSA) is 50.2 Å². The lowest BCUT2D eigenvalue weighted by atomic mass is 9.71. The van der Waals surface area contributed by atoms with E-state index < -0.39 is 5.97 Å². The predicted molar refractivity (Wildman–Crippen MR) is 59.4 cm³/mol. The van der Waals surface area contributed by atoms with E-state index in [4.69, 9.17) is 5.11 Å². The van der Waals surface area contributed by atoms with Crippen LogP contribution in [0.5, 0.6) is 0 Å². The Bertz CT molecular complexity index is 393. The molecular formula is C11H15NO2S. The second-order valence-corrected chi connectivity index (χ2v) is 5.60. The van der Waals surface area contributed by atoms with Crippen LogP contribution in [-0.4, -0.2) is 16.1 Å². The number of aliphatic carboxylic acids is 1. The number of hydrogen-bond acceptors (Lipinski definition) is 3. The Balaban J connectivity index is 2.24. The fraction of sp³-hybridized carbons (Fsp3) is 0.636. The third-order valence-corrected chi connectivity index (χ3v) is 4.64. The molecule has 1 aliphatic carbocycles. The van der Waals surface area contributed by atoms with Crippen molar-refractivity contribution in [1.82, 2.24) is 4.98 Å². The summed E-state index contributed by atoms with van der Waals surface area (Å²) in [7, 11) is 0. The van der Waals surface area contributed by atoms with Gasteiger partial charge in [0.2, 0.25) is 0 Å². The van der Waals surface area contributed by atoms with Crippen molar-refractivity contribution in [3.63, 3.8) is 0 Å². The minimum Gasteiger partial charge on any atom is -0.481 e. The van der Waals surface area contributed by atoms with Crippen LogP contribution < -0.4 is 0 Å². The Kier molecular flexibility index (Phi) is 2.54. The molecule has 0 radical (unpaired) electrons. The van der Waals surface area contributed by atoms with Crippen molar-refractivity contribution < 1.29 is 9.90 Å². The molecule has 0 atom stereocenters. The van der Waals surface area contributed by atoms with E-state index in [9.17, 15) is 4.79 Å². The van der Waals surface area contributed by atoms with Crippen LogP contribution in [0.15, 0.2) is 0 Å². The molecule has 82 valence electrons. The highest BCUT2D eigenvalue weighted by Crippen LogP contribution is 2.45. The van der Waals surface area contributed by atoms with Crippen molar-refractivity contribution in [3.05, 3.63) is 15.6 Å². The first-order valence-electron chi connectivity index (χ1n) is 5.20. The summed E-state index contributed by atoms with van der Waals surface area (Å²) in [5.74, 6) is -0.771. The van der Waals surface area contributed by atoms with E-state index in [1.54, 1.807) is 11.3 Å². The monoisotopic (exact) mass is 225 g/mol. The Labute approximate surface area is 93.2 Å². The molecule has 1 aromatic rings. The third kappa shape index (κ3) is 1.91. The Morgan fingerprint density at radius 3 is 2.73 bits per heavy atom. The first-order valence-corrected chi connectivity index (χ1v) is 6.01. The smallest absolute Gasteiger partial charge is 0.308 e. The molecule has 1 N–H and O–H groups in total. The summed E-state index contributed by atoms with van der Waals surface area (Å²) in [5.41, 5.74) is 1.12. The zero-order valence-corrected chi connectivity index (χ0v) is 9.86. The van der Waals surface area contributed by atoms with Crippen LogP contribution in [0, 0.1) is 6.92 Å². The van der Waals surface area contributed by atoms with Gasteiger partial charge in [-0.3, -0.25) is 4.79 Å². The van der Waals surface area contributed by atoms with E-state index in [-0.39, 0.29) is 11.8 Å². The van der Waals surface area contributed by atoms with Crippen LogP contribution in [0.3, 0.4) is 0 Å². The van der Waals surface area contributed by atoms with Gasteiger partial charge in [0.15, 0.2) is 0 Å². The summed E-state index contributed by atoms with van der Waals surface area (Å²) in [4.78, 5) is 16.1. The molecule has 1 aliphatic rings. The van der Waals surface area contributed by atoms with Gasteiger partial charge < -0.3 is 5.11 Å². The number of rotatable bonds is 3. The third-order valence-electron chi connectivity index (χ3n) is 3.18. The molecule has 1 heterocycles. The van der Waals surface area contributed by atoms with Crippen molar-refractivity contribution in [1.29, 1.82) is 0 Å². The van der Waals surface area contributed by atoms with Crippen molar-refractivity contribution in [3.8, 4) is 0 Å². The maximum atomic E-state index is 10.6. The fourth-order valence-electron chi connectivity index (χ4n) is 1.91. The maximum absolute atomic E-state index is 10.6. The van der Waals surface area contributed by atoms with E-state index in [0.29, 0.717) is 0 Å². The van der Waals surface area contributed by atoms with Crippen molar-refractivity contribution in [2.45, 2.75) is 44.9 Å². The average molecular weight is 225 g/mol. The Morgan fingerprint density at radius 1 is 1.60 bits per heavy atom. The van der Waals surface area contributed by atoms with Gasteiger partial charge in [0, 0.05) is 10.3 Å². The van der Waals surface area contributed by atoms with Gasteiger partial charge in [0.25, 0.3) is 0 Å². The van der Waals surface area contributed by atoms with Crippen LogP contribution >= 0.6 is 11.3 Å². The molecule has 4 heteroatoms. The SMILES string of the molecule is Cc1nc(C2(C)CCC2)sc1CC(=O)O. The predicted octanol–water partition coefficient (Wildman–Crippen LogP) is 2.52. The summed E-state index contributed by atoms with van der Waals surface area (Å²) >= 11 is 1.58. The quantitative estimate of drug-likeness (QED) is 0.860. The molecule has 0 aromatic carbocycles. The zero-order chi connectivity index (χ0) is 11.1. The molecule has 3 nitrogen and oxygen atoms in total. The van der Waals surface area contributed by atoms with E-state index in [0.717, 1.165) is 15.6 Å². The molecule has 1 saturated carbocycles. The Hall–Kier alpha value is -0.900. The molecule has 0 amide bonds. The molecule has 0 unspecified atom stereocenters. The minimum atomic E-state index is -0.771. The van der Waals surface area contributed by atoms with Gasteiger partial charge in [0.05, 0.1) is 17.1 Å². The number of thiazole rings is 1. The van der Waals surface area contributed by atoms with Crippen molar-refractivity contribution >= 4 is 17.3 Å². The summed E-state index contributed by atoms with van der Waals surface area (Å²) < 4.78 is 0. The van der Waals surface area contributed by atoms with Crippen molar-refractivity contribution in [2.24, 2.45) is 0 Å². The van der Waals surface area contributed by atoms with Crippen molar-refractivity contribution in [2.75, 3.05) is 0 Å². The molecule has 0 saturated heterocycles. The van der Waals surface area contributed by atoms with Gasteiger partial charge in [-0.05, 0) is 19.8 Å². The summed E-state index contributed by atoms with van der Waals surface area (Å²) in [6.45, 7) is 4.12. The molecule has 0 aliphatic heterocycles. The number of nitrogens with zero attached hydrogens (tertiary/aromatic N) is 1. The van der Waals surface area contributed by atoms with Gasteiger partial charge in [-0.1, -0.05) is 13.3 Å². The highest BCUT2D eigenvalue weighted by atomic mass is 32.1. The summed E-state index contributed by atoms with van der Waals surface area (Å²) in [5, 5.41) is 9.88. The fourth-order valence-corrected chi connectivity index (χ4v) is 3.16. The van der Waals surface area contributed by atoms with Crippen LogP contribution in [-0.2, 0) is 16.6 Å². The van der Waals surface area contributed by atoms with E-state index in [1.807, 2.05) is 6.92 Å². The van der Waals surface area contributed by atoms with E-state index in [2.05, 4.69) is 11.9 Å². The number of hydrogen-bond donors (Lipinski definition) is 1. The normalized spacial score (nSPS) is 18.5. The number of carboxylic acid groups (broad SMARTS) is 1. The largest absolute Gasteiger partial charge is 0.481 e. The number of carbonyl (C=O) groups is 1. The van der Waals surface area contributed by atoms with Gasteiger partial charge in [-0.2, -0.15) is 0 Å². The molecule has 15 heavy (non-hydrogen) atoms. The highest BCUT2D eigenvalue weighted by Gasteiger charge is 2.36. The van der Waals surface area contributed by atoms with E-state index >= 15 is 0 Å². The second-order valence-electron chi connectivity index (χ2n) is 4.51. The highest BCUT2D eigenvalue weighted by molar-refractivity contribution is 7.12. The molecule has 1 fully saturated rings. The second kappa shape index (κ2) is 3.59. The standard InChI is InChI=1S/C11H15NO2S/c1-7-8(6-9(13)14)15-10(12-7)11(2)4-3-5-11/h3-6H2,1-2H3,(H,13,14). The lowest BCUT2D eigenvalue weighted by Crippen LogP contribution is -2.30. The lowest BCUT2D eigenvalue weighted by molar-refractivity contribution is -0.136. The summed E-state index contributed by atoms with van der Waals surface area (Å²) in [6, 6.07) is 0. The minimum absolute atomic E-state index is 0.111. The zero-order valence-electron chi connectivity index (χ0n) is 9.04. The van der Waals surface area contributed by atoms with Gasteiger partial charge in [-0.15, -0.1) is 11.3 Å². The van der Waals surface area contributed by atoms with Crippen LogP contribution in [0.4, 0.5) is 0 Å². The molecule has 2 rings (SSSR count). The molecular weight excluding hydrogens is 210 g/mol. The lowest BCUT2D eigenvalue weighted by Gasteiger charge is -2.36. The average Bonchev–Trinajstić information content (AvgIpc) is 2.43. The van der Waals surface area contributed by atoms with Crippen LogP contribution in [0.25, 0.3) is 0 Å². The maximum Gasteiger partial charge on any atom is 0.308 e. The number of aryl methyl sites for hydroxylation is 1. The molecule has 0 spiro atoms. The van der Waals surface area contributed by atoms with Crippen LogP contribution in [0.2, 0.25) is 0 Å². The van der Waals surface area contributed by atoms with Gasteiger partial charge >= 0.3 is 5.97 Å². The number of aromatic nitrogens is 1. The van der Waals surface area contributed by atoms with Gasteiger partial charge in [-0.25, -0.2) is 4.98 Å².